The van der Waals surface area contributed by atoms with Gasteiger partial charge in [0.05, 0.1) is 17.9 Å². The summed E-state index contributed by atoms with van der Waals surface area (Å²) in [6.07, 6.45) is 3.31. The van der Waals surface area contributed by atoms with Crippen molar-refractivity contribution in [2.24, 2.45) is 11.8 Å². The number of benzene rings is 1. The molecule has 184 valence electrons. The number of unbranched alkanes of at least 4 members (excludes halogenated alkanes) is 2. The Kier molecular flexibility index (Phi) is 7.45. The molecule has 6 atom stereocenters. The van der Waals surface area contributed by atoms with Crippen molar-refractivity contribution >= 4 is 33.7 Å². The number of likely N-dealkylation sites (tertiary alicyclic amines) is 1. The van der Waals surface area contributed by atoms with Crippen molar-refractivity contribution in [3.8, 4) is 0 Å². The van der Waals surface area contributed by atoms with Crippen LogP contribution in [0.15, 0.2) is 43.0 Å². The number of alkyl halides is 1. The van der Waals surface area contributed by atoms with Crippen molar-refractivity contribution in [1.82, 2.24) is 9.80 Å². The topological polar surface area (TPSA) is 107 Å². The number of nitrogens with zero attached hydrogens (tertiary/aromatic N) is 2. The standard InChI is InChI=1S/C25H31BrN2O6/c1-2-11-27(15-16-9-5-3-6-10-16)23(31)21-25-14-17(26)20(34-25)18(24(32)33)19(25)22(30)28(21)12-7-4-8-13-29/h2-3,5-6,9-10,17-21,29H,1,4,7-8,11-15H2,(H,32,33)/t17?,18-,19-,20-,21?,25?/m0/s1. The van der Waals surface area contributed by atoms with E-state index in [4.69, 9.17) is 9.84 Å². The summed E-state index contributed by atoms with van der Waals surface area (Å²) in [5.41, 5.74) is -0.229. The van der Waals surface area contributed by atoms with Crippen molar-refractivity contribution in [1.29, 1.82) is 0 Å². The number of carboxylic acid groups (broad SMARTS) is 1. The normalized spacial score (nSPS) is 31.5. The van der Waals surface area contributed by atoms with Crippen molar-refractivity contribution in [2.45, 2.75) is 54.8 Å². The molecule has 2 amide bonds. The molecule has 3 aliphatic rings. The van der Waals surface area contributed by atoms with Crippen LogP contribution >= 0.6 is 15.9 Å². The summed E-state index contributed by atoms with van der Waals surface area (Å²) in [5, 5.41) is 19.1. The quantitative estimate of drug-likeness (QED) is 0.256. The first-order valence-electron chi connectivity index (χ1n) is 11.8. The van der Waals surface area contributed by atoms with Crippen LogP contribution in [0.1, 0.15) is 31.2 Å². The fourth-order valence-corrected chi connectivity index (χ4v) is 6.81. The predicted molar refractivity (Wildman–Crippen MR) is 128 cm³/mol. The van der Waals surface area contributed by atoms with E-state index in [0.717, 1.165) is 5.56 Å². The fourth-order valence-electron chi connectivity index (χ4n) is 5.87. The van der Waals surface area contributed by atoms with Crippen LogP contribution in [-0.2, 0) is 25.7 Å². The molecule has 3 unspecified atom stereocenters. The van der Waals surface area contributed by atoms with Gasteiger partial charge in [0.15, 0.2) is 0 Å². The third-order valence-corrected chi connectivity index (χ3v) is 8.09. The van der Waals surface area contributed by atoms with Crippen molar-refractivity contribution in [3.05, 3.63) is 48.6 Å². The zero-order valence-electron chi connectivity index (χ0n) is 19.0. The van der Waals surface area contributed by atoms with Crippen LogP contribution in [0.2, 0.25) is 0 Å². The van der Waals surface area contributed by atoms with Crippen LogP contribution in [0.3, 0.4) is 0 Å². The van der Waals surface area contributed by atoms with Gasteiger partial charge in [-0.05, 0) is 31.2 Å². The van der Waals surface area contributed by atoms with Crippen molar-refractivity contribution in [2.75, 3.05) is 19.7 Å². The average Bonchev–Trinajstić information content (AvgIpc) is 3.40. The second-order valence-corrected chi connectivity index (χ2v) is 10.5. The van der Waals surface area contributed by atoms with Gasteiger partial charge in [-0.15, -0.1) is 6.58 Å². The highest BCUT2D eigenvalue weighted by molar-refractivity contribution is 9.09. The Hall–Kier alpha value is -2.23. The van der Waals surface area contributed by atoms with E-state index < -0.39 is 35.6 Å². The number of aliphatic carboxylic acids is 1. The molecule has 3 saturated heterocycles. The van der Waals surface area contributed by atoms with Gasteiger partial charge in [-0.25, -0.2) is 0 Å². The lowest BCUT2D eigenvalue weighted by atomic mass is 9.70. The number of rotatable bonds is 11. The maximum absolute atomic E-state index is 14.1. The Labute approximate surface area is 207 Å². The summed E-state index contributed by atoms with van der Waals surface area (Å²) < 4.78 is 6.31. The lowest BCUT2D eigenvalue weighted by Crippen LogP contribution is -2.56. The number of aliphatic hydroxyl groups excluding tert-OH is 1. The Morgan fingerprint density at radius 1 is 1.26 bits per heavy atom. The number of hydrogen-bond acceptors (Lipinski definition) is 5. The summed E-state index contributed by atoms with van der Waals surface area (Å²) in [4.78, 5) is 42.9. The monoisotopic (exact) mass is 534 g/mol. The van der Waals surface area contributed by atoms with Crippen LogP contribution in [0.5, 0.6) is 0 Å². The first kappa shape index (κ1) is 24.9. The third-order valence-electron chi connectivity index (χ3n) is 7.24. The molecule has 2 N–H and O–H groups in total. The van der Waals surface area contributed by atoms with Crippen LogP contribution in [0, 0.1) is 11.8 Å². The minimum Gasteiger partial charge on any atom is -0.481 e. The molecular weight excluding hydrogens is 504 g/mol. The second-order valence-electron chi connectivity index (χ2n) is 9.31. The van der Waals surface area contributed by atoms with Gasteiger partial charge in [0.2, 0.25) is 11.8 Å². The zero-order valence-corrected chi connectivity index (χ0v) is 20.6. The van der Waals surface area contributed by atoms with E-state index in [9.17, 15) is 19.5 Å². The number of amides is 2. The van der Waals surface area contributed by atoms with E-state index in [0.29, 0.717) is 45.3 Å². The molecule has 0 aliphatic carbocycles. The number of halogens is 1. The molecule has 0 saturated carbocycles. The van der Waals surface area contributed by atoms with Crippen LogP contribution < -0.4 is 0 Å². The summed E-state index contributed by atoms with van der Waals surface area (Å²) in [5.74, 6) is -3.54. The van der Waals surface area contributed by atoms with Gasteiger partial charge < -0.3 is 24.7 Å². The molecule has 8 nitrogen and oxygen atoms in total. The van der Waals surface area contributed by atoms with E-state index >= 15 is 0 Å². The van der Waals surface area contributed by atoms with Gasteiger partial charge in [0.1, 0.15) is 11.6 Å². The Balaban J connectivity index is 1.69. The lowest BCUT2D eigenvalue weighted by Gasteiger charge is -2.37. The van der Waals surface area contributed by atoms with Crippen LogP contribution in [0.4, 0.5) is 0 Å². The van der Waals surface area contributed by atoms with E-state index in [1.807, 2.05) is 30.3 Å². The van der Waals surface area contributed by atoms with Gasteiger partial charge in [-0.2, -0.15) is 0 Å². The summed E-state index contributed by atoms with van der Waals surface area (Å²) in [6.45, 7) is 4.81. The number of carbonyl (C=O) groups excluding carboxylic acids is 2. The highest BCUT2D eigenvalue weighted by atomic mass is 79.9. The first-order chi connectivity index (χ1) is 16.4. The van der Waals surface area contributed by atoms with E-state index in [2.05, 4.69) is 22.5 Å². The number of carboxylic acids is 1. The Morgan fingerprint density at radius 3 is 2.65 bits per heavy atom. The molecule has 0 aromatic heterocycles. The third kappa shape index (κ3) is 4.18. The summed E-state index contributed by atoms with van der Waals surface area (Å²) in [7, 11) is 0. The molecule has 1 spiro atoms. The smallest absolute Gasteiger partial charge is 0.310 e. The maximum Gasteiger partial charge on any atom is 0.310 e. The Bertz CT molecular complexity index is 943. The molecule has 9 heteroatoms. The second kappa shape index (κ2) is 10.2. The van der Waals surface area contributed by atoms with Crippen molar-refractivity contribution in [3.63, 3.8) is 0 Å². The van der Waals surface area contributed by atoms with Crippen molar-refractivity contribution < 1.29 is 29.3 Å². The predicted octanol–water partition coefficient (Wildman–Crippen LogP) is 2.20. The molecule has 3 fully saturated rings. The first-order valence-corrected chi connectivity index (χ1v) is 12.7. The molecule has 34 heavy (non-hydrogen) atoms. The molecule has 2 bridgehead atoms. The Morgan fingerprint density at radius 2 is 2.00 bits per heavy atom. The average molecular weight is 535 g/mol. The fraction of sp³-hybridized carbons (Fsp3) is 0.560. The minimum absolute atomic E-state index is 0.0597. The van der Waals surface area contributed by atoms with E-state index in [-0.39, 0.29) is 23.2 Å². The van der Waals surface area contributed by atoms with Gasteiger partial charge in [0.25, 0.3) is 0 Å². The molecular formula is C25H31BrN2O6. The molecule has 1 aromatic carbocycles. The van der Waals surface area contributed by atoms with Gasteiger partial charge in [0, 0.05) is 31.1 Å². The lowest BCUT2D eigenvalue weighted by molar-refractivity contribution is -0.151. The van der Waals surface area contributed by atoms with E-state index in [1.54, 1.807) is 15.9 Å². The number of fused-ring (bicyclic) bond motifs is 1. The molecule has 3 heterocycles. The number of carbonyl (C=O) groups is 3. The van der Waals surface area contributed by atoms with Crippen LogP contribution in [0.25, 0.3) is 0 Å². The minimum atomic E-state index is -1.18. The number of hydrogen-bond donors (Lipinski definition) is 2. The largest absolute Gasteiger partial charge is 0.481 e. The van der Waals surface area contributed by atoms with Gasteiger partial charge in [-0.3, -0.25) is 14.4 Å². The SMILES string of the molecule is C=CCN(Cc1ccccc1)C(=O)C1N(CCCCCO)C(=O)[C@@H]2[C@H](C(=O)O)[C@H]3OC12CC3Br. The highest BCUT2D eigenvalue weighted by Crippen LogP contribution is 2.60. The van der Waals surface area contributed by atoms with Crippen LogP contribution in [-0.4, -0.2) is 80.1 Å². The number of aliphatic hydroxyl groups is 1. The molecule has 1 aromatic rings. The molecule has 3 aliphatic heterocycles. The van der Waals surface area contributed by atoms with Gasteiger partial charge in [-0.1, -0.05) is 52.3 Å². The molecule has 0 radical (unpaired) electrons. The summed E-state index contributed by atoms with van der Waals surface area (Å²) in [6, 6.07) is 8.68. The van der Waals surface area contributed by atoms with Gasteiger partial charge >= 0.3 is 5.97 Å². The highest BCUT2D eigenvalue weighted by Gasteiger charge is 2.76. The molecule has 4 rings (SSSR count). The summed E-state index contributed by atoms with van der Waals surface area (Å²) >= 11 is 3.56. The zero-order chi connectivity index (χ0) is 24.5. The maximum atomic E-state index is 14.1. The van der Waals surface area contributed by atoms with E-state index in [1.165, 1.54) is 0 Å². The number of ether oxygens (including phenoxy) is 1.